The Morgan fingerprint density at radius 3 is 2.45 bits per heavy atom. The molecule has 0 saturated carbocycles. The molecule has 180 valence electrons. The lowest BCUT2D eigenvalue weighted by Gasteiger charge is -2.32. The van der Waals surface area contributed by atoms with Crippen LogP contribution in [0.1, 0.15) is 44.7 Å². The number of hydrogen-bond donors (Lipinski definition) is 1. The molecule has 6 nitrogen and oxygen atoms in total. The van der Waals surface area contributed by atoms with Crippen molar-refractivity contribution in [3.63, 3.8) is 0 Å². The molecule has 2 aromatic rings. The van der Waals surface area contributed by atoms with E-state index in [-0.39, 0.29) is 6.09 Å². The van der Waals surface area contributed by atoms with Crippen LogP contribution in [0.25, 0.3) is 0 Å². The fourth-order valence-electron chi connectivity index (χ4n) is 3.86. The van der Waals surface area contributed by atoms with Crippen LogP contribution in [-0.4, -0.2) is 43.3 Å². The molecule has 3 rings (SSSR count). The molecular weight excluding hydrogens is 484 g/mol. The van der Waals surface area contributed by atoms with Crippen molar-refractivity contribution in [1.29, 1.82) is 0 Å². The summed E-state index contributed by atoms with van der Waals surface area (Å²) in [7, 11) is 1.66. The highest BCUT2D eigenvalue weighted by Crippen LogP contribution is 2.39. The highest BCUT2D eigenvalue weighted by molar-refractivity contribution is 9.10. The Balaban J connectivity index is 1.53. The molecule has 1 amide bonds. The van der Waals surface area contributed by atoms with E-state index in [1.165, 1.54) is 5.56 Å². The van der Waals surface area contributed by atoms with E-state index in [1.807, 2.05) is 57.2 Å². The fraction of sp³-hybridized carbons (Fsp3) is 0.500. The van der Waals surface area contributed by atoms with Gasteiger partial charge in [0.1, 0.15) is 12.2 Å². The van der Waals surface area contributed by atoms with E-state index in [2.05, 4.69) is 32.2 Å². The summed E-state index contributed by atoms with van der Waals surface area (Å²) < 4.78 is 17.9. The first-order chi connectivity index (χ1) is 15.7. The number of rotatable bonds is 8. The molecule has 0 unspecified atom stereocenters. The van der Waals surface area contributed by atoms with Crippen molar-refractivity contribution < 1.29 is 19.0 Å². The smallest absolute Gasteiger partial charge is 0.407 e. The number of methoxy groups -OCH3 is 1. The topological polar surface area (TPSA) is 60.0 Å². The fourth-order valence-corrected chi connectivity index (χ4v) is 4.43. The number of ether oxygens (including phenoxy) is 3. The summed E-state index contributed by atoms with van der Waals surface area (Å²) in [6.07, 6.45) is 1.75. The molecule has 0 aromatic heterocycles. The van der Waals surface area contributed by atoms with Crippen molar-refractivity contribution in [2.75, 3.05) is 26.7 Å². The minimum absolute atomic E-state index is 0.338. The normalized spacial score (nSPS) is 15.2. The number of amides is 1. The lowest BCUT2D eigenvalue weighted by molar-refractivity contribution is 0.0509. The minimum atomic E-state index is -0.469. The van der Waals surface area contributed by atoms with Gasteiger partial charge in [-0.1, -0.05) is 36.4 Å². The van der Waals surface area contributed by atoms with Gasteiger partial charge in [-0.3, -0.25) is 4.90 Å². The Morgan fingerprint density at radius 2 is 1.82 bits per heavy atom. The van der Waals surface area contributed by atoms with Crippen molar-refractivity contribution in [2.45, 2.75) is 52.4 Å². The average Bonchev–Trinajstić information content (AvgIpc) is 2.78. The molecule has 0 spiro atoms. The molecule has 1 heterocycles. The Bertz CT molecular complexity index is 906. The predicted octanol–water partition coefficient (Wildman–Crippen LogP) is 5.77. The Labute approximate surface area is 205 Å². The van der Waals surface area contributed by atoms with Crippen LogP contribution in [0.15, 0.2) is 46.9 Å². The van der Waals surface area contributed by atoms with Gasteiger partial charge >= 0.3 is 6.09 Å². The van der Waals surface area contributed by atoms with Gasteiger partial charge in [-0.05, 0) is 85.7 Å². The van der Waals surface area contributed by atoms with E-state index in [0.717, 1.165) is 48.3 Å². The summed E-state index contributed by atoms with van der Waals surface area (Å²) in [5.41, 5.74) is 1.81. The van der Waals surface area contributed by atoms with Gasteiger partial charge in [0, 0.05) is 13.1 Å². The molecule has 1 fully saturated rings. The zero-order valence-electron chi connectivity index (χ0n) is 20.0. The molecule has 0 radical (unpaired) electrons. The lowest BCUT2D eigenvalue weighted by atomic mass is 9.96. The number of alkyl carbamates (subject to hydrolysis) is 1. The number of hydrogen-bond acceptors (Lipinski definition) is 5. The molecule has 0 atom stereocenters. The van der Waals surface area contributed by atoms with Crippen LogP contribution in [0.3, 0.4) is 0 Å². The van der Waals surface area contributed by atoms with Gasteiger partial charge in [0.25, 0.3) is 0 Å². The van der Waals surface area contributed by atoms with Crippen molar-refractivity contribution >= 4 is 22.0 Å². The van der Waals surface area contributed by atoms with Crippen LogP contribution in [0.4, 0.5) is 4.79 Å². The highest BCUT2D eigenvalue weighted by Gasteiger charge is 2.23. The number of piperidine rings is 1. The standard InChI is InChI=1S/C26H35BrN2O4/c1-26(2,3)33-25(30)28-16-19-12-14-29(15-13-19)17-21-10-11-22(31-4)24(23(21)27)32-18-20-8-6-5-7-9-20/h5-11,19H,12-18H2,1-4H3,(H,28,30). The largest absolute Gasteiger partial charge is 0.493 e. The number of nitrogens with zero attached hydrogens (tertiary/aromatic N) is 1. The van der Waals surface area contributed by atoms with Crippen molar-refractivity contribution in [2.24, 2.45) is 5.92 Å². The van der Waals surface area contributed by atoms with Crippen LogP contribution in [0, 0.1) is 5.92 Å². The van der Waals surface area contributed by atoms with E-state index < -0.39 is 5.60 Å². The third-order valence-corrected chi connectivity index (χ3v) is 6.49. The SMILES string of the molecule is COc1ccc(CN2CCC(CNC(=O)OC(C)(C)C)CC2)c(Br)c1OCc1ccccc1. The summed E-state index contributed by atoms with van der Waals surface area (Å²) in [5.74, 6) is 1.92. The second-order valence-corrected chi connectivity index (χ2v) is 10.2. The van der Waals surface area contributed by atoms with Gasteiger partial charge in [0.2, 0.25) is 0 Å². The predicted molar refractivity (Wildman–Crippen MR) is 134 cm³/mol. The Kier molecular flexibility index (Phi) is 9.03. The Hall–Kier alpha value is -2.25. The van der Waals surface area contributed by atoms with E-state index in [0.29, 0.717) is 24.8 Å². The minimum Gasteiger partial charge on any atom is -0.493 e. The Morgan fingerprint density at radius 1 is 1.12 bits per heavy atom. The molecule has 0 aliphatic carbocycles. The van der Waals surface area contributed by atoms with Crippen molar-refractivity contribution in [3.05, 3.63) is 58.1 Å². The number of carbonyl (C=O) groups is 1. The van der Waals surface area contributed by atoms with Gasteiger partial charge in [-0.2, -0.15) is 0 Å². The van der Waals surface area contributed by atoms with E-state index in [9.17, 15) is 4.79 Å². The summed E-state index contributed by atoms with van der Waals surface area (Å²) in [6, 6.07) is 14.2. The van der Waals surface area contributed by atoms with Crippen LogP contribution in [0.2, 0.25) is 0 Å². The number of carbonyl (C=O) groups excluding carboxylic acids is 1. The van der Waals surface area contributed by atoms with E-state index in [4.69, 9.17) is 14.2 Å². The third kappa shape index (κ3) is 7.93. The monoisotopic (exact) mass is 518 g/mol. The summed E-state index contributed by atoms with van der Waals surface area (Å²) in [4.78, 5) is 14.3. The van der Waals surface area contributed by atoms with Gasteiger partial charge in [-0.15, -0.1) is 0 Å². The number of likely N-dealkylation sites (tertiary alicyclic amines) is 1. The maximum absolute atomic E-state index is 11.9. The maximum atomic E-state index is 11.9. The molecule has 2 aromatic carbocycles. The molecule has 1 aliphatic heterocycles. The van der Waals surface area contributed by atoms with E-state index >= 15 is 0 Å². The zero-order chi connectivity index (χ0) is 23.8. The summed E-state index contributed by atoms with van der Waals surface area (Å²) in [5, 5.41) is 2.91. The van der Waals surface area contributed by atoms with Gasteiger partial charge < -0.3 is 19.5 Å². The van der Waals surface area contributed by atoms with Crippen LogP contribution < -0.4 is 14.8 Å². The molecular formula is C26H35BrN2O4. The van der Waals surface area contributed by atoms with E-state index in [1.54, 1.807) is 7.11 Å². The molecule has 33 heavy (non-hydrogen) atoms. The van der Waals surface area contributed by atoms with Gasteiger partial charge in [-0.25, -0.2) is 4.79 Å². The second kappa shape index (κ2) is 11.7. The lowest BCUT2D eigenvalue weighted by Crippen LogP contribution is -2.40. The highest BCUT2D eigenvalue weighted by atomic mass is 79.9. The number of benzene rings is 2. The summed E-state index contributed by atoms with van der Waals surface area (Å²) >= 11 is 3.76. The number of nitrogens with one attached hydrogen (secondary N) is 1. The molecule has 1 N–H and O–H groups in total. The molecule has 0 bridgehead atoms. The van der Waals surface area contributed by atoms with Gasteiger partial charge in [0.15, 0.2) is 11.5 Å². The van der Waals surface area contributed by atoms with Gasteiger partial charge in [0.05, 0.1) is 11.6 Å². The second-order valence-electron chi connectivity index (χ2n) is 9.45. The average molecular weight is 519 g/mol. The van der Waals surface area contributed by atoms with Crippen molar-refractivity contribution in [3.8, 4) is 11.5 Å². The molecule has 1 aliphatic rings. The first-order valence-electron chi connectivity index (χ1n) is 11.5. The maximum Gasteiger partial charge on any atom is 0.407 e. The molecule has 1 saturated heterocycles. The van der Waals surface area contributed by atoms with Crippen molar-refractivity contribution in [1.82, 2.24) is 10.2 Å². The van der Waals surface area contributed by atoms with Crippen LogP contribution in [-0.2, 0) is 17.9 Å². The zero-order valence-corrected chi connectivity index (χ0v) is 21.6. The molecule has 7 heteroatoms. The first-order valence-corrected chi connectivity index (χ1v) is 12.3. The summed E-state index contributed by atoms with van der Waals surface area (Å²) in [6.45, 7) is 9.57. The van der Waals surface area contributed by atoms with Crippen LogP contribution in [0.5, 0.6) is 11.5 Å². The third-order valence-electron chi connectivity index (χ3n) is 5.62. The number of halogens is 1. The quantitative estimate of drug-likeness (QED) is 0.480. The first kappa shape index (κ1) is 25.4. The van der Waals surface area contributed by atoms with Crippen LogP contribution >= 0.6 is 15.9 Å².